The molecule has 0 heterocycles. The van der Waals surface area contributed by atoms with Crippen LogP contribution in [0.1, 0.15) is 0 Å². The molecule has 17 heavy (non-hydrogen) atoms. The molecule has 104 valence electrons. The predicted octanol–water partition coefficient (Wildman–Crippen LogP) is -1.33. The Balaban J connectivity index is -0.000000218. The lowest BCUT2D eigenvalue weighted by molar-refractivity contribution is -0.0441. The molecule has 0 bridgehead atoms. The van der Waals surface area contributed by atoms with Gasteiger partial charge in [-0.1, -0.05) is 0 Å². The Morgan fingerprint density at radius 1 is 0.647 bits per heavy atom. The van der Waals surface area contributed by atoms with E-state index in [-0.39, 0.29) is 23.1 Å². The smallest absolute Gasteiger partial charge is 0.221 e. The van der Waals surface area contributed by atoms with Crippen molar-refractivity contribution in [3.63, 3.8) is 0 Å². The standard InChI is InChI=1S/2CH2F3NO2S.Mg.2H/c2*2-1(3,4)8(5,6)7;;;/h2*(H2,5,6,7);;;. The highest BCUT2D eigenvalue weighted by Crippen LogP contribution is 2.19. The van der Waals surface area contributed by atoms with Gasteiger partial charge >= 0.3 is 54.1 Å². The molecule has 0 aliphatic carbocycles. The number of alkyl halides is 6. The lowest BCUT2D eigenvalue weighted by Gasteiger charge is -1.98. The van der Waals surface area contributed by atoms with Gasteiger partial charge in [-0.25, -0.2) is 27.1 Å². The van der Waals surface area contributed by atoms with Crippen molar-refractivity contribution in [1.29, 1.82) is 0 Å². The van der Waals surface area contributed by atoms with E-state index in [9.17, 15) is 43.2 Å². The first kappa shape index (κ1) is 22.4. The third kappa shape index (κ3) is 9.83. The normalized spacial score (nSPS) is 13.2. The maximum Gasteiger partial charge on any atom is 0.511 e. The van der Waals surface area contributed by atoms with E-state index in [1.807, 2.05) is 0 Å². The van der Waals surface area contributed by atoms with Gasteiger partial charge in [0.1, 0.15) is 0 Å². The van der Waals surface area contributed by atoms with Crippen molar-refractivity contribution in [2.75, 3.05) is 0 Å². The van der Waals surface area contributed by atoms with Crippen molar-refractivity contribution in [1.82, 2.24) is 0 Å². The van der Waals surface area contributed by atoms with E-state index in [4.69, 9.17) is 0 Å². The lowest BCUT2D eigenvalue weighted by atomic mass is 11.6. The number of sulfonamides is 2. The van der Waals surface area contributed by atoms with E-state index in [0.29, 0.717) is 0 Å². The highest BCUT2D eigenvalue weighted by atomic mass is 32.2. The highest BCUT2D eigenvalue weighted by molar-refractivity contribution is 7.90. The van der Waals surface area contributed by atoms with Crippen LogP contribution in [0.3, 0.4) is 0 Å². The molecule has 15 heteroatoms. The van der Waals surface area contributed by atoms with E-state index in [2.05, 4.69) is 10.3 Å². The number of halogens is 6. The van der Waals surface area contributed by atoms with Crippen LogP contribution in [-0.4, -0.2) is 50.9 Å². The van der Waals surface area contributed by atoms with E-state index in [1.165, 1.54) is 0 Å². The van der Waals surface area contributed by atoms with Crippen LogP contribution in [-0.2, 0) is 20.0 Å². The molecule has 0 aliphatic rings. The second-order valence-corrected chi connectivity index (χ2v) is 5.09. The van der Waals surface area contributed by atoms with Gasteiger partial charge in [-0.15, -0.1) is 0 Å². The highest BCUT2D eigenvalue weighted by Gasteiger charge is 2.43. The monoisotopic (exact) mass is 324 g/mol. The van der Waals surface area contributed by atoms with E-state index in [0.717, 1.165) is 0 Å². The van der Waals surface area contributed by atoms with Crippen LogP contribution < -0.4 is 10.3 Å². The van der Waals surface area contributed by atoms with Crippen molar-refractivity contribution in [3.8, 4) is 0 Å². The zero-order chi connectivity index (χ0) is 14.0. The second-order valence-electron chi connectivity index (χ2n) is 1.98. The Hall–Kier alpha value is 0.166. The Morgan fingerprint density at radius 2 is 0.706 bits per heavy atom. The molecular weight excluding hydrogens is 318 g/mol. The summed E-state index contributed by atoms with van der Waals surface area (Å²) in [5.74, 6) is 0. The van der Waals surface area contributed by atoms with Crippen molar-refractivity contribution in [2.45, 2.75) is 11.0 Å². The number of hydrogen-bond donors (Lipinski definition) is 2. The van der Waals surface area contributed by atoms with Crippen molar-refractivity contribution < 1.29 is 43.2 Å². The van der Waals surface area contributed by atoms with Crippen LogP contribution >= 0.6 is 0 Å². The van der Waals surface area contributed by atoms with Gasteiger partial charge in [0.15, 0.2) is 0 Å². The van der Waals surface area contributed by atoms with E-state index < -0.39 is 31.1 Å². The van der Waals surface area contributed by atoms with E-state index in [1.54, 1.807) is 0 Å². The molecule has 4 N–H and O–H groups in total. The summed E-state index contributed by atoms with van der Waals surface area (Å²) in [7, 11) is -10.7. The van der Waals surface area contributed by atoms with Crippen LogP contribution in [0.2, 0.25) is 0 Å². The van der Waals surface area contributed by atoms with E-state index >= 15 is 0 Å². The lowest BCUT2D eigenvalue weighted by Crippen LogP contribution is -2.30. The van der Waals surface area contributed by atoms with Gasteiger partial charge in [0, 0.05) is 0 Å². The third-order valence-electron chi connectivity index (χ3n) is 0.645. The number of hydrogen-bond acceptors (Lipinski definition) is 4. The first-order chi connectivity index (χ1) is 6.50. The Kier molecular flexibility index (Phi) is 8.37. The molecule has 0 rings (SSSR count). The SMILES string of the molecule is NS(=O)(=O)C(F)(F)F.NS(=O)(=O)C(F)(F)F.[MgH2]. The minimum absolute atomic E-state index is 0. The predicted molar refractivity (Wildman–Crippen MR) is 46.9 cm³/mol. The third-order valence-corrected chi connectivity index (χ3v) is 1.94. The van der Waals surface area contributed by atoms with Gasteiger partial charge in [0.05, 0.1) is 0 Å². The molecule has 0 aliphatic heterocycles. The van der Waals surface area contributed by atoms with Crippen molar-refractivity contribution >= 4 is 43.1 Å². The quantitative estimate of drug-likeness (QED) is 0.424. The van der Waals surface area contributed by atoms with Gasteiger partial charge in [-0.2, -0.15) is 26.3 Å². The first-order valence-electron chi connectivity index (χ1n) is 2.68. The molecule has 0 atom stereocenters. The van der Waals surface area contributed by atoms with Crippen LogP contribution in [0.25, 0.3) is 0 Å². The Morgan fingerprint density at radius 3 is 0.706 bits per heavy atom. The average molecular weight is 325 g/mol. The van der Waals surface area contributed by atoms with Gasteiger partial charge in [-0.05, 0) is 0 Å². The molecule has 0 aromatic carbocycles. The fourth-order valence-corrected chi connectivity index (χ4v) is 0. The molecule has 0 aromatic heterocycles. The summed E-state index contributed by atoms with van der Waals surface area (Å²) in [6, 6.07) is 0. The molecule has 0 saturated heterocycles. The topological polar surface area (TPSA) is 120 Å². The summed E-state index contributed by atoms with van der Waals surface area (Å²) in [5.41, 5.74) is -10.6. The average Bonchev–Trinajstić information content (AvgIpc) is 1.77. The van der Waals surface area contributed by atoms with Crippen LogP contribution in [0, 0.1) is 0 Å². The number of primary sulfonamides is 2. The summed E-state index contributed by atoms with van der Waals surface area (Å²) >= 11 is 0. The van der Waals surface area contributed by atoms with Crippen molar-refractivity contribution in [2.24, 2.45) is 10.3 Å². The molecule has 0 aromatic rings. The zero-order valence-corrected chi connectivity index (χ0v) is 8.50. The molecular formula is C2H6F6MgN2O4S2. The Bertz CT molecular complexity index is 380. The summed E-state index contributed by atoms with van der Waals surface area (Å²) in [4.78, 5) is 0. The number of rotatable bonds is 0. The van der Waals surface area contributed by atoms with Gasteiger partial charge in [0.25, 0.3) is 0 Å². The summed E-state index contributed by atoms with van der Waals surface area (Å²) in [6.45, 7) is 0. The molecule has 0 saturated carbocycles. The summed E-state index contributed by atoms with van der Waals surface area (Å²) < 4.78 is 102. The fraction of sp³-hybridized carbons (Fsp3) is 1.00. The van der Waals surface area contributed by atoms with Crippen molar-refractivity contribution in [3.05, 3.63) is 0 Å². The zero-order valence-electron chi connectivity index (χ0n) is 6.87. The second kappa shape index (κ2) is 6.37. The van der Waals surface area contributed by atoms with Gasteiger partial charge < -0.3 is 0 Å². The fourth-order valence-electron chi connectivity index (χ4n) is 0. The minimum Gasteiger partial charge on any atom is -0.221 e. The number of nitrogens with two attached hydrogens (primary N) is 2. The molecule has 0 unspecified atom stereocenters. The molecule has 0 spiro atoms. The first-order valence-corrected chi connectivity index (χ1v) is 5.77. The molecule has 0 amide bonds. The molecule has 6 nitrogen and oxygen atoms in total. The molecule has 0 fully saturated rings. The van der Waals surface area contributed by atoms with Gasteiger partial charge in [-0.3, -0.25) is 0 Å². The Labute approximate surface area is 108 Å². The maximum atomic E-state index is 10.8. The largest absolute Gasteiger partial charge is 0.511 e. The maximum absolute atomic E-state index is 10.8. The summed E-state index contributed by atoms with van der Waals surface area (Å²) in [5, 5.41) is 7.32. The van der Waals surface area contributed by atoms with Crippen LogP contribution in [0.4, 0.5) is 26.3 Å². The van der Waals surface area contributed by atoms with Crippen LogP contribution in [0.15, 0.2) is 0 Å². The van der Waals surface area contributed by atoms with Crippen LogP contribution in [0.5, 0.6) is 0 Å². The minimum atomic E-state index is -5.34. The summed E-state index contributed by atoms with van der Waals surface area (Å²) in [6.07, 6.45) is 0. The molecule has 0 radical (unpaired) electrons. The van der Waals surface area contributed by atoms with Gasteiger partial charge in [0.2, 0.25) is 0 Å².